The number of rotatable bonds is 2. The Morgan fingerprint density at radius 1 is 0.556 bits per heavy atom. The first-order valence-corrected chi connectivity index (χ1v) is 9.72. The summed E-state index contributed by atoms with van der Waals surface area (Å²) in [5.41, 5.74) is 8.90. The maximum atomic E-state index is 4.51. The van der Waals surface area contributed by atoms with Crippen LogP contribution in [-0.2, 0) is 5.41 Å². The molecular weight excluding hydrogens is 344 g/mol. The number of hydrogen-bond donors (Lipinski definition) is 1. The normalized spacial score (nSPS) is 13.9. The zero-order chi connectivity index (χ0) is 18.4. The molecule has 0 aliphatic heterocycles. The Kier molecular flexibility index (Phi) is 3.73. The number of hydrogen-bond acceptors (Lipinski definition) is 1. The molecule has 27 heavy (non-hydrogen) atoms. The number of aryl methyl sites for hydroxylation is 1. The molecule has 0 bridgehead atoms. The minimum atomic E-state index is -0.303. The van der Waals surface area contributed by atoms with Crippen molar-refractivity contribution in [1.29, 1.82) is 0 Å². The largest absolute Gasteiger partial charge is 0.143 e. The van der Waals surface area contributed by atoms with E-state index in [9.17, 15) is 0 Å². The molecule has 4 aromatic carbocycles. The van der Waals surface area contributed by atoms with Gasteiger partial charge in [0.1, 0.15) is 0 Å². The van der Waals surface area contributed by atoms with Gasteiger partial charge in [-0.05, 0) is 52.4 Å². The summed E-state index contributed by atoms with van der Waals surface area (Å²) in [4.78, 5) is 0.984. The minimum absolute atomic E-state index is 0.303. The maximum absolute atomic E-state index is 4.51. The Hall–Kier alpha value is -2.77. The van der Waals surface area contributed by atoms with E-state index in [1.54, 1.807) is 0 Å². The van der Waals surface area contributed by atoms with Crippen LogP contribution in [0.3, 0.4) is 0 Å². The average Bonchev–Trinajstić information content (AvgIpc) is 3.01. The smallest absolute Gasteiger partial charge is 0.0713 e. The van der Waals surface area contributed by atoms with E-state index in [1.807, 2.05) is 0 Å². The van der Waals surface area contributed by atoms with Gasteiger partial charge < -0.3 is 0 Å². The number of thiol groups is 1. The third kappa shape index (κ3) is 2.32. The Morgan fingerprint density at radius 3 is 1.52 bits per heavy atom. The molecule has 0 saturated carbocycles. The molecule has 5 rings (SSSR count). The first-order chi connectivity index (χ1) is 13.2. The summed E-state index contributed by atoms with van der Waals surface area (Å²) in [6.45, 7) is 2.14. The predicted molar refractivity (Wildman–Crippen MR) is 116 cm³/mol. The lowest BCUT2D eigenvalue weighted by Crippen LogP contribution is -2.28. The fourth-order valence-electron chi connectivity index (χ4n) is 4.54. The van der Waals surface area contributed by atoms with E-state index >= 15 is 0 Å². The van der Waals surface area contributed by atoms with Crippen LogP contribution in [0.1, 0.15) is 27.8 Å². The van der Waals surface area contributed by atoms with Crippen molar-refractivity contribution < 1.29 is 0 Å². The Balaban J connectivity index is 1.94. The van der Waals surface area contributed by atoms with E-state index in [4.69, 9.17) is 0 Å². The molecule has 130 valence electrons. The standard InChI is InChI=1S/C26H20S/c1-18-10-12-19(13-11-18)26(20-14-16-21(27)17-15-20)24-8-4-2-6-22(24)23-7-3-5-9-25(23)26/h2-17,27H,1H3. The zero-order valence-corrected chi connectivity index (χ0v) is 16.1. The maximum Gasteiger partial charge on any atom is 0.0713 e. The van der Waals surface area contributed by atoms with Crippen molar-refractivity contribution in [1.82, 2.24) is 0 Å². The lowest BCUT2D eigenvalue weighted by molar-refractivity contribution is 0.767. The van der Waals surface area contributed by atoms with E-state index in [0.29, 0.717) is 0 Å². The van der Waals surface area contributed by atoms with E-state index in [0.717, 1.165) is 4.90 Å². The molecule has 0 unspecified atom stereocenters. The van der Waals surface area contributed by atoms with Crippen molar-refractivity contribution in [3.05, 3.63) is 125 Å². The first kappa shape index (κ1) is 16.4. The second kappa shape index (κ2) is 6.14. The van der Waals surface area contributed by atoms with Gasteiger partial charge in [0, 0.05) is 4.90 Å². The molecule has 0 amide bonds. The molecule has 1 heteroatoms. The number of fused-ring (bicyclic) bond motifs is 3. The van der Waals surface area contributed by atoms with Gasteiger partial charge in [0.2, 0.25) is 0 Å². The summed E-state index contributed by atoms with van der Waals surface area (Å²) in [5, 5.41) is 0. The van der Waals surface area contributed by atoms with Crippen LogP contribution in [0, 0.1) is 6.92 Å². The average molecular weight is 365 g/mol. The summed E-state index contributed by atoms with van der Waals surface area (Å²) in [6, 6.07) is 35.3. The summed E-state index contributed by atoms with van der Waals surface area (Å²) in [7, 11) is 0. The Morgan fingerprint density at radius 2 is 1.00 bits per heavy atom. The van der Waals surface area contributed by atoms with Crippen molar-refractivity contribution in [3.63, 3.8) is 0 Å². The van der Waals surface area contributed by atoms with Crippen LogP contribution >= 0.6 is 12.6 Å². The highest BCUT2D eigenvalue weighted by Gasteiger charge is 2.45. The minimum Gasteiger partial charge on any atom is -0.143 e. The van der Waals surface area contributed by atoms with E-state index in [2.05, 4.69) is 117 Å². The highest BCUT2D eigenvalue weighted by atomic mass is 32.1. The lowest BCUT2D eigenvalue weighted by atomic mass is 9.67. The van der Waals surface area contributed by atoms with Gasteiger partial charge in [-0.3, -0.25) is 0 Å². The molecule has 1 aliphatic carbocycles. The number of benzene rings is 4. The second-order valence-corrected chi connectivity index (χ2v) is 7.77. The summed E-state index contributed by atoms with van der Waals surface area (Å²) < 4.78 is 0. The van der Waals surface area contributed by atoms with E-state index in [-0.39, 0.29) is 5.41 Å². The predicted octanol–water partition coefficient (Wildman–Crippen LogP) is 6.65. The topological polar surface area (TPSA) is 0 Å². The SMILES string of the molecule is Cc1ccc(C2(c3ccc(S)cc3)c3ccccc3-c3ccccc32)cc1. The molecule has 4 aromatic rings. The van der Waals surface area contributed by atoms with Crippen molar-refractivity contribution in [2.75, 3.05) is 0 Å². The van der Waals surface area contributed by atoms with E-state index in [1.165, 1.54) is 38.9 Å². The fourth-order valence-corrected chi connectivity index (χ4v) is 4.69. The molecule has 0 N–H and O–H groups in total. The van der Waals surface area contributed by atoms with Crippen LogP contribution in [0.5, 0.6) is 0 Å². The third-order valence-corrected chi connectivity index (χ3v) is 6.04. The quantitative estimate of drug-likeness (QED) is 0.333. The summed E-state index contributed by atoms with van der Waals surface area (Å²) in [6.07, 6.45) is 0. The van der Waals surface area contributed by atoms with Crippen molar-refractivity contribution in [2.45, 2.75) is 17.2 Å². The Bertz CT molecular complexity index is 1030. The van der Waals surface area contributed by atoms with Crippen LogP contribution in [0.25, 0.3) is 11.1 Å². The van der Waals surface area contributed by atoms with Gasteiger partial charge in [0.05, 0.1) is 5.41 Å². The molecule has 0 saturated heterocycles. The zero-order valence-electron chi connectivity index (χ0n) is 15.2. The molecule has 0 nitrogen and oxygen atoms in total. The third-order valence-electron chi connectivity index (χ3n) is 5.74. The second-order valence-electron chi connectivity index (χ2n) is 7.25. The molecular formula is C26H20S. The van der Waals surface area contributed by atoms with Gasteiger partial charge in [0.25, 0.3) is 0 Å². The van der Waals surface area contributed by atoms with Gasteiger partial charge in [-0.25, -0.2) is 0 Å². The van der Waals surface area contributed by atoms with Crippen LogP contribution in [0.15, 0.2) is 102 Å². The molecule has 0 aromatic heterocycles. The van der Waals surface area contributed by atoms with Crippen molar-refractivity contribution in [3.8, 4) is 11.1 Å². The lowest BCUT2D eigenvalue weighted by Gasteiger charge is -2.34. The molecule has 0 fully saturated rings. The molecule has 1 aliphatic rings. The van der Waals surface area contributed by atoms with Gasteiger partial charge in [0.15, 0.2) is 0 Å². The molecule has 0 atom stereocenters. The van der Waals surface area contributed by atoms with Crippen LogP contribution in [0.4, 0.5) is 0 Å². The van der Waals surface area contributed by atoms with Gasteiger partial charge in [-0.1, -0.05) is 90.5 Å². The highest BCUT2D eigenvalue weighted by Crippen LogP contribution is 2.55. The van der Waals surface area contributed by atoms with Crippen LogP contribution < -0.4 is 0 Å². The van der Waals surface area contributed by atoms with Gasteiger partial charge in [-0.2, -0.15) is 0 Å². The van der Waals surface area contributed by atoms with Gasteiger partial charge in [-0.15, -0.1) is 12.6 Å². The molecule has 0 heterocycles. The van der Waals surface area contributed by atoms with Crippen molar-refractivity contribution in [2.24, 2.45) is 0 Å². The highest BCUT2D eigenvalue weighted by molar-refractivity contribution is 7.80. The van der Waals surface area contributed by atoms with E-state index < -0.39 is 0 Å². The van der Waals surface area contributed by atoms with Crippen molar-refractivity contribution >= 4 is 12.6 Å². The van der Waals surface area contributed by atoms with Crippen LogP contribution in [0.2, 0.25) is 0 Å². The molecule has 0 radical (unpaired) electrons. The summed E-state index contributed by atoms with van der Waals surface area (Å²) >= 11 is 4.51. The molecule has 0 spiro atoms. The summed E-state index contributed by atoms with van der Waals surface area (Å²) in [5.74, 6) is 0. The monoisotopic (exact) mass is 364 g/mol. The fraction of sp³-hybridized carbons (Fsp3) is 0.0769. The van der Waals surface area contributed by atoms with Gasteiger partial charge >= 0.3 is 0 Å². The van der Waals surface area contributed by atoms with Crippen LogP contribution in [-0.4, -0.2) is 0 Å². The Labute approximate surface area is 165 Å². The first-order valence-electron chi connectivity index (χ1n) is 9.27.